The lowest BCUT2D eigenvalue weighted by atomic mass is 10.2. The largest absolute Gasteiger partial charge is 0.480 e. The fourth-order valence-electron chi connectivity index (χ4n) is 3.65. The summed E-state index contributed by atoms with van der Waals surface area (Å²) in [4.78, 5) is 40.9. The Hall–Kier alpha value is -2.60. The molecule has 0 spiro atoms. The average molecular weight is 454 g/mol. The zero-order chi connectivity index (χ0) is 23.5. The van der Waals surface area contributed by atoms with Crippen LogP contribution < -0.4 is 0 Å². The van der Waals surface area contributed by atoms with Crippen LogP contribution >= 0.6 is 0 Å². The Balaban J connectivity index is 2.17. The van der Waals surface area contributed by atoms with Gasteiger partial charge in [0.05, 0.1) is 19.6 Å². The lowest BCUT2D eigenvalue weighted by Gasteiger charge is -2.33. The first kappa shape index (κ1) is 25.7. The van der Waals surface area contributed by atoms with Gasteiger partial charge in [0.2, 0.25) is 0 Å². The van der Waals surface area contributed by atoms with E-state index in [-0.39, 0.29) is 25.5 Å². The second-order valence-electron chi connectivity index (χ2n) is 7.88. The van der Waals surface area contributed by atoms with Gasteiger partial charge < -0.3 is 15.3 Å². The molecule has 3 N–H and O–H groups in total. The van der Waals surface area contributed by atoms with E-state index in [9.17, 15) is 34.1 Å². The van der Waals surface area contributed by atoms with E-state index in [2.05, 4.69) is 0 Å². The normalized spacial score (nSPS) is 18.5. The Labute approximate surface area is 186 Å². The molecule has 0 aliphatic carbocycles. The van der Waals surface area contributed by atoms with Crippen molar-refractivity contribution in [1.29, 1.82) is 0 Å². The van der Waals surface area contributed by atoms with Gasteiger partial charge in [-0.3, -0.25) is 34.0 Å². The molecule has 1 aromatic rings. The van der Waals surface area contributed by atoms with E-state index in [4.69, 9.17) is 0 Å². The lowest BCUT2D eigenvalue weighted by Crippen LogP contribution is -2.48. The molecule has 10 nitrogen and oxygen atoms in total. The molecule has 1 aromatic carbocycles. The molecule has 0 radical (unpaired) electrons. The minimum Gasteiger partial charge on any atom is -0.480 e. The molecule has 178 valence electrons. The summed E-state index contributed by atoms with van der Waals surface area (Å²) in [5.41, 5.74) is 0.516. The number of benzene rings is 1. The molecule has 11 heteroatoms. The van der Waals surface area contributed by atoms with E-state index in [0.29, 0.717) is 64.5 Å². The number of carbonyl (C=O) groups is 3. The van der Waals surface area contributed by atoms with Crippen LogP contribution in [-0.4, -0.2) is 125 Å². The maximum atomic E-state index is 14.2. The first-order chi connectivity index (χ1) is 15.2. The van der Waals surface area contributed by atoms with Crippen molar-refractivity contribution in [1.82, 2.24) is 19.6 Å². The van der Waals surface area contributed by atoms with Crippen molar-refractivity contribution in [2.45, 2.75) is 6.54 Å². The molecule has 2 rings (SSSR count). The molecule has 1 fully saturated rings. The van der Waals surface area contributed by atoms with Crippen LogP contribution in [0.5, 0.6) is 0 Å². The van der Waals surface area contributed by atoms with Gasteiger partial charge in [-0.05, 0) is 6.07 Å². The highest BCUT2D eigenvalue weighted by Gasteiger charge is 2.20. The third-order valence-electron chi connectivity index (χ3n) is 5.36. The number of nitrogens with zero attached hydrogens (tertiary/aromatic N) is 4. The van der Waals surface area contributed by atoms with Gasteiger partial charge in [-0.1, -0.05) is 18.2 Å². The van der Waals surface area contributed by atoms with Crippen LogP contribution in [0.3, 0.4) is 0 Å². The lowest BCUT2D eigenvalue weighted by molar-refractivity contribution is -0.140. The molecule has 0 unspecified atom stereocenters. The molecule has 32 heavy (non-hydrogen) atoms. The van der Waals surface area contributed by atoms with Gasteiger partial charge in [-0.25, -0.2) is 4.39 Å². The van der Waals surface area contributed by atoms with Gasteiger partial charge in [-0.2, -0.15) is 0 Å². The van der Waals surface area contributed by atoms with Gasteiger partial charge in [0.25, 0.3) is 0 Å². The van der Waals surface area contributed by atoms with Crippen molar-refractivity contribution < 1.29 is 34.1 Å². The maximum Gasteiger partial charge on any atom is 0.317 e. The fraction of sp³-hybridized carbons (Fsp3) is 0.571. The molecule has 0 atom stereocenters. The molecule has 1 heterocycles. The van der Waals surface area contributed by atoms with E-state index >= 15 is 0 Å². The van der Waals surface area contributed by atoms with E-state index in [1.165, 1.54) is 6.07 Å². The highest BCUT2D eigenvalue weighted by Crippen LogP contribution is 2.11. The van der Waals surface area contributed by atoms with Crippen LogP contribution in [0.1, 0.15) is 5.56 Å². The summed E-state index contributed by atoms with van der Waals surface area (Å²) in [7, 11) is 0. The molecular weight excluding hydrogens is 423 g/mol. The first-order valence-corrected chi connectivity index (χ1v) is 10.5. The highest BCUT2D eigenvalue weighted by molar-refractivity contribution is 5.69. The van der Waals surface area contributed by atoms with Crippen LogP contribution in [0.4, 0.5) is 4.39 Å². The Morgan fingerprint density at radius 3 is 1.34 bits per heavy atom. The molecule has 0 aromatic heterocycles. The second-order valence-corrected chi connectivity index (χ2v) is 7.88. The molecule has 0 bridgehead atoms. The van der Waals surface area contributed by atoms with Crippen molar-refractivity contribution in [3.05, 3.63) is 35.6 Å². The number of hydrogen-bond acceptors (Lipinski definition) is 7. The zero-order valence-electron chi connectivity index (χ0n) is 18.0. The maximum absolute atomic E-state index is 14.2. The summed E-state index contributed by atoms with van der Waals surface area (Å²) in [6.45, 7) is 2.86. The minimum absolute atomic E-state index is 0.181. The van der Waals surface area contributed by atoms with Crippen molar-refractivity contribution in [3.63, 3.8) is 0 Å². The van der Waals surface area contributed by atoms with Gasteiger partial charge in [0, 0.05) is 64.5 Å². The van der Waals surface area contributed by atoms with Crippen LogP contribution in [0, 0.1) is 5.82 Å². The third kappa shape index (κ3) is 9.69. The molecule has 1 aliphatic heterocycles. The summed E-state index contributed by atoms with van der Waals surface area (Å²) in [5, 5.41) is 27.7. The van der Waals surface area contributed by atoms with E-state index < -0.39 is 17.9 Å². The number of aliphatic carboxylic acids is 3. The van der Waals surface area contributed by atoms with Crippen molar-refractivity contribution in [2.24, 2.45) is 0 Å². The summed E-state index contributed by atoms with van der Waals surface area (Å²) in [6, 6.07) is 6.44. The van der Waals surface area contributed by atoms with E-state index in [1.807, 2.05) is 4.90 Å². The number of carboxylic acid groups (broad SMARTS) is 3. The predicted molar refractivity (Wildman–Crippen MR) is 114 cm³/mol. The predicted octanol–water partition coefficient (Wildman–Crippen LogP) is -0.199. The Bertz CT molecular complexity index is 748. The summed E-state index contributed by atoms with van der Waals surface area (Å²) < 4.78 is 14.2. The van der Waals surface area contributed by atoms with E-state index in [0.717, 1.165) is 0 Å². The Morgan fingerprint density at radius 1 is 0.656 bits per heavy atom. The van der Waals surface area contributed by atoms with Crippen molar-refractivity contribution >= 4 is 17.9 Å². The fourth-order valence-corrected chi connectivity index (χ4v) is 3.65. The molecule has 0 saturated carbocycles. The monoisotopic (exact) mass is 454 g/mol. The van der Waals surface area contributed by atoms with Gasteiger partial charge in [0.15, 0.2) is 0 Å². The molecular formula is C21H31FN4O6. The number of rotatable bonds is 8. The number of hydrogen-bond donors (Lipinski definition) is 3. The highest BCUT2D eigenvalue weighted by atomic mass is 19.1. The molecule has 1 aliphatic rings. The Morgan fingerprint density at radius 2 is 1.00 bits per heavy atom. The SMILES string of the molecule is O=C(O)CN1CCN(CC(=O)O)CCN(Cc2ccccc2F)CCN(CC(=O)O)CC1. The van der Waals surface area contributed by atoms with Crippen molar-refractivity contribution in [3.8, 4) is 0 Å². The number of halogens is 1. The quantitative estimate of drug-likeness (QED) is 0.486. The summed E-state index contributed by atoms with van der Waals surface area (Å²) in [6.07, 6.45) is 0. The second kappa shape index (κ2) is 13.1. The zero-order valence-corrected chi connectivity index (χ0v) is 18.0. The van der Waals surface area contributed by atoms with Gasteiger partial charge in [0.1, 0.15) is 5.82 Å². The Kier molecular flexibility index (Phi) is 10.5. The van der Waals surface area contributed by atoms with Crippen LogP contribution in [0.2, 0.25) is 0 Å². The van der Waals surface area contributed by atoms with Crippen LogP contribution in [-0.2, 0) is 20.9 Å². The third-order valence-corrected chi connectivity index (χ3v) is 5.36. The standard InChI is InChI=1S/C21H31FN4O6/c22-18-4-2-1-3-17(18)13-23-5-7-24(14-19(27)28)9-11-26(16-21(31)32)12-10-25(8-6-23)15-20(29)30/h1-4H,5-16H2,(H,27,28)(H,29,30)(H,31,32). The van der Waals surface area contributed by atoms with E-state index in [1.54, 1.807) is 32.9 Å². The van der Waals surface area contributed by atoms with Gasteiger partial charge in [-0.15, -0.1) is 0 Å². The van der Waals surface area contributed by atoms with Crippen LogP contribution in [0.15, 0.2) is 24.3 Å². The smallest absolute Gasteiger partial charge is 0.317 e. The topological polar surface area (TPSA) is 125 Å². The van der Waals surface area contributed by atoms with Crippen molar-refractivity contribution in [2.75, 3.05) is 72.0 Å². The average Bonchev–Trinajstić information content (AvgIpc) is 2.70. The van der Waals surface area contributed by atoms with Gasteiger partial charge >= 0.3 is 17.9 Å². The molecule has 0 amide bonds. The summed E-state index contributed by atoms with van der Waals surface area (Å²) in [5.74, 6) is -3.28. The molecule has 1 saturated heterocycles. The first-order valence-electron chi connectivity index (χ1n) is 10.5. The minimum atomic E-state index is -0.997. The number of carboxylic acids is 3. The summed E-state index contributed by atoms with van der Waals surface area (Å²) >= 11 is 0. The van der Waals surface area contributed by atoms with Crippen LogP contribution in [0.25, 0.3) is 0 Å².